The van der Waals surface area contributed by atoms with Crippen LogP contribution in [0.3, 0.4) is 0 Å². The number of rotatable bonds is 3. The average Bonchev–Trinajstić information content (AvgIpc) is 2.95. The van der Waals surface area contributed by atoms with Crippen LogP contribution < -0.4 is 5.32 Å². The van der Waals surface area contributed by atoms with Crippen LogP contribution in [0.5, 0.6) is 5.75 Å². The van der Waals surface area contributed by atoms with Gasteiger partial charge >= 0.3 is 0 Å². The van der Waals surface area contributed by atoms with E-state index in [9.17, 15) is 13.9 Å². The number of aromatic nitrogens is 3. The number of phenolic OH excluding ortho intramolecular Hbond substituents is 1. The fourth-order valence-corrected chi connectivity index (χ4v) is 2.19. The van der Waals surface area contributed by atoms with Gasteiger partial charge in [0.1, 0.15) is 29.4 Å². The lowest BCUT2D eigenvalue weighted by Crippen LogP contribution is -2.01. The molecule has 7 heteroatoms. The minimum absolute atomic E-state index is 0.0330. The Morgan fingerprint density at radius 3 is 2.70 bits per heavy atom. The molecule has 0 saturated heterocycles. The molecule has 0 unspecified atom stereocenters. The Balaban J connectivity index is 1.93. The van der Waals surface area contributed by atoms with Crippen LogP contribution in [-0.4, -0.2) is 19.9 Å². The van der Waals surface area contributed by atoms with Gasteiger partial charge in [-0.15, -0.1) is 5.10 Å². The molecule has 0 fully saturated rings. The standard InChI is InChI=1S/C16H14F2N4O/c1-9-5-13(10(2)15(23)6-9)20-16-19-8-22(21-16)14-7-11(17)3-4-12(14)18/h3-8,23H,1-2H3,(H,20,21). The van der Waals surface area contributed by atoms with Gasteiger partial charge in [0, 0.05) is 17.3 Å². The van der Waals surface area contributed by atoms with Gasteiger partial charge in [-0.2, -0.15) is 4.98 Å². The SMILES string of the molecule is Cc1cc(O)c(C)c(Nc2ncn(-c3cc(F)ccc3F)n2)c1. The molecule has 23 heavy (non-hydrogen) atoms. The number of nitrogens with one attached hydrogen (secondary N) is 1. The number of halogens is 2. The second-order valence-electron chi connectivity index (χ2n) is 5.19. The minimum Gasteiger partial charge on any atom is -0.508 e. The molecule has 0 bridgehead atoms. The van der Waals surface area contributed by atoms with Crippen LogP contribution in [0.4, 0.5) is 20.4 Å². The molecule has 0 atom stereocenters. The zero-order chi connectivity index (χ0) is 16.6. The first kappa shape index (κ1) is 15.0. The highest BCUT2D eigenvalue weighted by Gasteiger charge is 2.11. The second-order valence-corrected chi connectivity index (χ2v) is 5.19. The molecular weight excluding hydrogens is 302 g/mol. The topological polar surface area (TPSA) is 63.0 Å². The van der Waals surface area contributed by atoms with E-state index in [0.717, 1.165) is 28.4 Å². The Morgan fingerprint density at radius 1 is 1.13 bits per heavy atom. The molecule has 0 aliphatic carbocycles. The van der Waals surface area contributed by atoms with Crippen LogP contribution in [0.15, 0.2) is 36.7 Å². The maximum Gasteiger partial charge on any atom is 0.246 e. The minimum atomic E-state index is -0.604. The van der Waals surface area contributed by atoms with Gasteiger partial charge in [0.25, 0.3) is 0 Å². The lowest BCUT2D eigenvalue weighted by atomic mass is 10.1. The van der Waals surface area contributed by atoms with Crippen molar-refractivity contribution in [1.29, 1.82) is 0 Å². The van der Waals surface area contributed by atoms with Crippen molar-refractivity contribution in [3.8, 4) is 11.4 Å². The summed E-state index contributed by atoms with van der Waals surface area (Å²) in [5.41, 5.74) is 2.12. The van der Waals surface area contributed by atoms with E-state index in [1.165, 1.54) is 6.33 Å². The van der Waals surface area contributed by atoms with Crippen molar-refractivity contribution in [3.63, 3.8) is 0 Å². The average molecular weight is 316 g/mol. The van der Waals surface area contributed by atoms with E-state index in [-0.39, 0.29) is 17.4 Å². The summed E-state index contributed by atoms with van der Waals surface area (Å²) in [5, 5.41) is 16.9. The molecule has 0 aliphatic heterocycles. The van der Waals surface area contributed by atoms with Gasteiger partial charge in [-0.05, 0) is 43.7 Å². The Kier molecular flexibility index (Phi) is 3.69. The Labute approximate surface area is 131 Å². The number of aromatic hydroxyl groups is 1. The third kappa shape index (κ3) is 2.98. The highest BCUT2D eigenvalue weighted by Crippen LogP contribution is 2.28. The summed E-state index contributed by atoms with van der Waals surface area (Å²) >= 11 is 0. The number of benzene rings is 2. The van der Waals surface area contributed by atoms with Crippen molar-refractivity contribution in [2.45, 2.75) is 13.8 Å². The monoisotopic (exact) mass is 316 g/mol. The predicted molar refractivity (Wildman–Crippen MR) is 82.1 cm³/mol. The summed E-state index contributed by atoms with van der Waals surface area (Å²) in [6.45, 7) is 3.60. The van der Waals surface area contributed by atoms with Crippen LogP contribution in [0.1, 0.15) is 11.1 Å². The van der Waals surface area contributed by atoms with Crippen molar-refractivity contribution in [2.75, 3.05) is 5.32 Å². The highest BCUT2D eigenvalue weighted by atomic mass is 19.1. The van der Waals surface area contributed by atoms with E-state index in [4.69, 9.17) is 0 Å². The number of phenols is 1. The van der Waals surface area contributed by atoms with E-state index in [1.807, 2.05) is 13.0 Å². The molecular formula is C16H14F2N4O. The van der Waals surface area contributed by atoms with E-state index in [2.05, 4.69) is 15.4 Å². The summed E-state index contributed by atoms with van der Waals surface area (Å²) in [4.78, 5) is 4.03. The first-order chi connectivity index (χ1) is 10.9. The van der Waals surface area contributed by atoms with Crippen LogP contribution in [0.25, 0.3) is 5.69 Å². The van der Waals surface area contributed by atoms with Crippen molar-refractivity contribution in [1.82, 2.24) is 14.8 Å². The van der Waals surface area contributed by atoms with Crippen molar-refractivity contribution in [3.05, 3.63) is 59.4 Å². The zero-order valence-electron chi connectivity index (χ0n) is 12.5. The largest absolute Gasteiger partial charge is 0.508 e. The molecule has 3 rings (SSSR count). The van der Waals surface area contributed by atoms with Gasteiger partial charge in [0.15, 0.2) is 0 Å². The van der Waals surface area contributed by atoms with Gasteiger partial charge in [-0.25, -0.2) is 13.5 Å². The number of anilines is 2. The lowest BCUT2D eigenvalue weighted by molar-refractivity contribution is 0.471. The van der Waals surface area contributed by atoms with Crippen molar-refractivity contribution in [2.24, 2.45) is 0 Å². The zero-order valence-corrected chi connectivity index (χ0v) is 12.5. The van der Waals surface area contributed by atoms with Crippen LogP contribution >= 0.6 is 0 Å². The Morgan fingerprint density at radius 2 is 1.91 bits per heavy atom. The van der Waals surface area contributed by atoms with E-state index in [0.29, 0.717) is 11.3 Å². The first-order valence-corrected chi connectivity index (χ1v) is 6.88. The molecule has 2 N–H and O–H groups in total. The fraction of sp³-hybridized carbons (Fsp3) is 0.125. The van der Waals surface area contributed by atoms with E-state index < -0.39 is 11.6 Å². The number of hydrogen-bond donors (Lipinski definition) is 2. The molecule has 0 radical (unpaired) electrons. The second kappa shape index (κ2) is 5.68. The van der Waals surface area contributed by atoms with Gasteiger partial charge in [0.2, 0.25) is 5.95 Å². The highest BCUT2D eigenvalue weighted by molar-refractivity contribution is 5.63. The van der Waals surface area contributed by atoms with Crippen LogP contribution in [0, 0.1) is 25.5 Å². The summed E-state index contributed by atoms with van der Waals surface area (Å²) < 4.78 is 28.2. The van der Waals surface area contributed by atoms with Gasteiger partial charge < -0.3 is 10.4 Å². The first-order valence-electron chi connectivity index (χ1n) is 6.88. The molecule has 0 spiro atoms. The van der Waals surface area contributed by atoms with Gasteiger partial charge in [-0.3, -0.25) is 0 Å². The fourth-order valence-electron chi connectivity index (χ4n) is 2.19. The molecule has 3 aromatic rings. The number of aryl methyl sites for hydroxylation is 1. The van der Waals surface area contributed by atoms with E-state index in [1.54, 1.807) is 13.0 Å². The van der Waals surface area contributed by atoms with Gasteiger partial charge in [0.05, 0.1) is 0 Å². The Bertz CT molecular complexity index is 877. The summed E-state index contributed by atoms with van der Waals surface area (Å²) in [6.07, 6.45) is 1.28. The third-order valence-corrected chi connectivity index (χ3v) is 3.42. The van der Waals surface area contributed by atoms with Gasteiger partial charge in [-0.1, -0.05) is 0 Å². The molecule has 0 amide bonds. The van der Waals surface area contributed by atoms with E-state index >= 15 is 0 Å². The maximum atomic E-state index is 13.8. The van der Waals surface area contributed by atoms with Crippen molar-refractivity contribution >= 4 is 11.6 Å². The Hall–Kier alpha value is -2.96. The number of nitrogens with zero attached hydrogens (tertiary/aromatic N) is 3. The lowest BCUT2D eigenvalue weighted by Gasteiger charge is -2.09. The summed E-state index contributed by atoms with van der Waals surface area (Å²) in [5.74, 6) is -0.803. The summed E-state index contributed by atoms with van der Waals surface area (Å²) in [7, 11) is 0. The quantitative estimate of drug-likeness (QED) is 0.775. The molecule has 0 aliphatic rings. The molecule has 2 aromatic carbocycles. The normalized spacial score (nSPS) is 10.8. The predicted octanol–water partition coefficient (Wildman–Crippen LogP) is 3.61. The van der Waals surface area contributed by atoms with Crippen LogP contribution in [0.2, 0.25) is 0 Å². The smallest absolute Gasteiger partial charge is 0.246 e. The number of hydrogen-bond acceptors (Lipinski definition) is 4. The molecule has 1 heterocycles. The van der Waals surface area contributed by atoms with Crippen LogP contribution in [-0.2, 0) is 0 Å². The molecule has 118 valence electrons. The maximum absolute atomic E-state index is 13.8. The molecule has 0 saturated carbocycles. The molecule has 1 aromatic heterocycles. The summed E-state index contributed by atoms with van der Waals surface area (Å²) in [6, 6.07) is 6.58. The molecule has 5 nitrogen and oxygen atoms in total. The third-order valence-electron chi connectivity index (χ3n) is 3.42. The van der Waals surface area contributed by atoms with Crippen molar-refractivity contribution < 1.29 is 13.9 Å².